The standard InChI is InChI=1S/C14H18N2O2S/c15-14(18)12-5-1-2-7-16(12)10-13-11(4-3-8-17)6-9-19-13/h6,9,12,17H,1-2,5,7-8,10H2,(H2,15,18). The summed E-state index contributed by atoms with van der Waals surface area (Å²) >= 11 is 1.63. The predicted octanol–water partition coefficient (Wildman–Crippen LogP) is 0.932. The van der Waals surface area contributed by atoms with Crippen LogP contribution in [0, 0.1) is 11.8 Å². The highest BCUT2D eigenvalue weighted by Crippen LogP contribution is 2.23. The Balaban J connectivity index is 2.11. The molecule has 1 aliphatic rings. The van der Waals surface area contributed by atoms with Crippen molar-refractivity contribution in [2.24, 2.45) is 5.73 Å². The van der Waals surface area contributed by atoms with Gasteiger partial charge in [0.1, 0.15) is 6.61 Å². The SMILES string of the molecule is NC(=O)C1CCCCN1Cc1sccc1C#CCO. The summed E-state index contributed by atoms with van der Waals surface area (Å²) in [5.41, 5.74) is 6.40. The number of hydrogen-bond donors (Lipinski definition) is 2. The molecule has 0 aliphatic carbocycles. The summed E-state index contributed by atoms with van der Waals surface area (Å²) in [4.78, 5) is 14.7. The van der Waals surface area contributed by atoms with Crippen molar-refractivity contribution in [3.8, 4) is 11.8 Å². The second-order valence-corrected chi connectivity index (χ2v) is 5.60. The van der Waals surface area contributed by atoms with Crippen LogP contribution in [0.1, 0.15) is 29.7 Å². The van der Waals surface area contributed by atoms with E-state index >= 15 is 0 Å². The molecule has 19 heavy (non-hydrogen) atoms. The van der Waals surface area contributed by atoms with Crippen LogP contribution in [-0.2, 0) is 11.3 Å². The van der Waals surface area contributed by atoms with E-state index in [1.54, 1.807) is 11.3 Å². The summed E-state index contributed by atoms with van der Waals surface area (Å²) in [6.45, 7) is 1.47. The maximum Gasteiger partial charge on any atom is 0.234 e. The summed E-state index contributed by atoms with van der Waals surface area (Å²) in [6.07, 6.45) is 3.01. The van der Waals surface area contributed by atoms with Crippen LogP contribution >= 0.6 is 11.3 Å². The molecule has 5 heteroatoms. The van der Waals surface area contributed by atoms with Crippen LogP contribution in [-0.4, -0.2) is 35.1 Å². The van der Waals surface area contributed by atoms with Gasteiger partial charge in [0.15, 0.2) is 0 Å². The number of primary amides is 1. The van der Waals surface area contributed by atoms with E-state index in [2.05, 4.69) is 16.7 Å². The molecule has 3 N–H and O–H groups in total. The molecule has 1 aromatic rings. The van der Waals surface area contributed by atoms with Gasteiger partial charge in [-0.15, -0.1) is 11.3 Å². The monoisotopic (exact) mass is 278 g/mol. The van der Waals surface area contributed by atoms with E-state index in [0.29, 0.717) is 6.54 Å². The Kier molecular flexibility index (Phi) is 4.97. The highest BCUT2D eigenvalue weighted by molar-refractivity contribution is 7.10. The lowest BCUT2D eigenvalue weighted by atomic mass is 10.0. The largest absolute Gasteiger partial charge is 0.384 e. The van der Waals surface area contributed by atoms with Gasteiger partial charge in [-0.3, -0.25) is 9.69 Å². The topological polar surface area (TPSA) is 66.6 Å². The molecule has 1 aromatic heterocycles. The summed E-state index contributed by atoms with van der Waals surface area (Å²) in [5.74, 6) is 5.37. The van der Waals surface area contributed by atoms with E-state index < -0.39 is 0 Å². The van der Waals surface area contributed by atoms with Gasteiger partial charge in [0.05, 0.1) is 6.04 Å². The van der Waals surface area contributed by atoms with E-state index in [1.165, 1.54) is 0 Å². The zero-order chi connectivity index (χ0) is 13.7. The summed E-state index contributed by atoms with van der Waals surface area (Å²) in [5, 5.41) is 10.7. The number of nitrogens with zero attached hydrogens (tertiary/aromatic N) is 1. The third-order valence-corrected chi connectivity index (χ3v) is 4.24. The maximum atomic E-state index is 11.5. The summed E-state index contributed by atoms with van der Waals surface area (Å²) < 4.78 is 0. The molecule has 1 saturated heterocycles. The number of aliphatic hydroxyl groups is 1. The Morgan fingerprint density at radius 2 is 2.42 bits per heavy atom. The predicted molar refractivity (Wildman–Crippen MR) is 75.5 cm³/mol. The van der Waals surface area contributed by atoms with Crippen molar-refractivity contribution in [3.05, 3.63) is 21.9 Å². The fraction of sp³-hybridized carbons (Fsp3) is 0.500. The van der Waals surface area contributed by atoms with Crippen molar-refractivity contribution < 1.29 is 9.90 Å². The number of thiophene rings is 1. The minimum atomic E-state index is -0.237. The van der Waals surface area contributed by atoms with Crippen molar-refractivity contribution in [1.29, 1.82) is 0 Å². The van der Waals surface area contributed by atoms with Crippen LogP contribution in [0.15, 0.2) is 11.4 Å². The lowest BCUT2D eigenvalue weighted by Crippen LogP contribution is -2.47. The fourth-order valence-corrected chi connectivity index (χ4v) is 3.25. The molecule has 2 heterocycles. The number of amides is 1. The average molecular weight is 278 g/mol. The molecule has 0 bridgehead atoms. The van der Waals surface area contributed by atoms with Crippen LogP contribution < -0.4 is 5.73 Å². The lowest BCUT2D eigenvalue weighted by Gasteiger charge is -2.33. The molecule has 0 aromatic carbocycles. The van der Waals surface area contributed by atoms with E-state index in [9.17, 15) is 4.79 Å². The number of rotatable bonds is 3. The van der Waals surface area contributed by atoms with E-state index in [0.717, 1.165) is 36.2 Å². The van der Waals surface area contributed by atoms with Crippen molar-refractivity contribution in [2.45, 2.75) is 31.8 Å². The molecule has 0 spiro atoms. The number of piperidine rings is 1. The molecule has 1 unspecified atom stereocenters. The van der Waals surface area contributed by atoms with Gasteiger partial charge in [-0.05, 0) is 30.8 Å². The smallest absolute Gasteiger partial charge is 0.234 e. The van der Waals surface area contributed by atoms with Gasteiger partial charge in [0, 0.05) is 17.0 Å². The number of hydrogen-bond acceptors (Lipinski definition) is 4. The summed E-state index contributed by atoms with van der Waals surface area (Å²) in [6, 6.07) is 1.79. The zero-order valence-electron chi connectivity index (χ0n) is 10.8. The van der Waals surface area contributed by atoms with Gasteiger partial charge in [0.2, 0.25) is 5.91 Å². The van der Waals surface area contributed by atoms with E-state index in [1.807, 2.05) is 11.4 Å². The lowest BCUT2D eigenvalue weighted by molar-refractivity contribution is -0.124. The fourth-order valence-electron chi connectivity index (χ4n) is 2.40. The van der Waals surface area contributed by atoms with E-state index in [4.69, 9.17) is 10.8 Å². The molecule has 0 radical (unpaired) electrons. The van der Waals surface area contributed by atoms with Gasteiger partial charge in [-0.25, -0.2) is 0 Å². The van der Waals surface area contributed by atoms with Crippen molar-refractivity contribution in [1.82, 2.24) is 4.90 Å². The molecule has 2 rings (SSSR count). The average Bonchev–Trinajstić information content (AvgIpc) is 2.84. The Hall–Kier alpha value is -1.35. The van der Waals surface area contributed by atoms with Crippen LogP contribution in [0.5, 0.6) is 0 Å². The van der Waals surface area contributed by atoms with Gasteiger partial charge in [-0.2, -0.15) is 0 Å². The first kappa shape index (κ1) is 14.1. The molecule has 1 aliphatic heterocycles. The molecule has 1 amide bonds. The molecule has 4 nitrogen and oxygen atoms in total. The Morgan fingerprint density at radius 1 is 1.58 bits per heavy atom. The third kappa shape index (κ3) is 3.57. The van der Waals surface area contributed by atoms with Crippen LogP contribution in [0.25, 0.3) is 0 Å². The zero-order valence-corrected chi connectivity index (χ0v) is 11.6. The molecule has 1 fully saturated rings. The first-order chi connectivity index (χ1) is 9.22. The number of aliphatic hydroxyl groups excluding tert-OH is 1. The molecule has 102 valence electrons. The second kappa shape index (κ2) is 6.71. The van der Waals surface area contributed by atoms with Crippen LogP contribution in [0.2, 0.25) is 0 Å². The first-order valence-corrected chi connectivity index (χ1v) is 7.30. The first-order valence-electron chi connectivity index (χ1n) is 6.42. The quantitative estimate of drug-likeness (QED) is 0.808. The highest BCUT2D eigenvalue weighted by Gasteiger charge is 2.27. The number of carbonyl (C=O) groups is 1. The normalized spacial score (nSPS) is 19.7. The molecule has 1 atom stereocenters. The Bertz CT molecular complexity index is 501. The van der Waals surface area contributed by atoms with Crippen molar-refractivity contribution >= 4 is 17.2 Å². The Morgan fingerprint density at radius 3 is 3.16 bits per heavy atom. The maximum absolute atomic E-state index is 11.5. The van der Waals surface area contributed by atoms with Crippen LogP contribution in [0.4, 0.5) is 0 Å². The minimum Gasteiger partial charge on any atom is -0.384 e. The van der Waals surface area contributed by atoms with Gasteiger partial charge in [-0.1, -0.05) is 18.3 Å². The Labute approximate surface area is 117 Å². The van der Waals surface area contributed by atoms with Gasteiger partial charge < -0.3 is 10.8 Å². The van der Waals surface area contributed by atoms with Crippen molar-refractivity contribution in [2.75, 3.05) is 13.2 Å². The number of carbonyl (C=O) groups excluding carboxylic acids is 1. The van der Waals surface area contributed by atoms with E-state index in [-0.39, 0.29) is 18.6 Å². The molecular formula is C14H18N2O2S. The minimum absolute atomic E-state index is 0.136. The highest BCUT2D eigenvalue weighted by atomic mass is 32.1. The van der Waals surface area contributed by atoms with Gasteiger partial charge in [0.25, 0.3) is 0 Å². The number of likely N-dealkylation sites (tertiary alicyclic amines) is 1. The third-order valence-electron chi connectivity index (χ3n) is 3.34. The number of nitrogens with two attached hydrogens (primary N) is 1. The summed E-state index contributed by atoms with van der Waals surface area (Å²) in [7, 11) is 0. The van der Waals surface area contributed by atoms with Crippen LogP contribution in [0.3, 0.4) is 0 Å². The molecule has 0 saturated carbocycles. The van der Waals surface area contributed by atoms with Crippen molar-refractivity contribution in [3.63, 3.8) is 0 Å². The molecular weight excluding hydrogens is 260 g/mol. The second-order valence-electron chi connectivity index (χ2n) is 4.60. The van der Waals surface area contributed by atoms with Gasteiger partial charge >= 0.3 is 0 Å².